The van der Waals surface area contributed by atoms with Gasteiger partial charge in [-0.05, 0) is 24.5 Å². The molecule has 1 atom stereocenters. The molecule has 14 heavy (non-hydrogen) atoms. The summed E-state index contributed by atoms with van der Waals surface area (Å²) in [6.45, 7) is 1.96. The molecule has 1 aromatic carbocycles. The minimum Gasteiger partial charge on any atom is -0.368 e. The third-order valence-corrected chi connectivity index (χ3v) is 2.00. The van der Waals surface area contributed by atoms with Crippen LogP contribution < -0.4 is 5.73 Å². The molecular weight excluding hydrogens is 178 g/mol. The molecule has 1 aromatic rings. The summed E-state index contributed by atoms with van der Waals surface area (Å²) in [6, 6.07) is 7.90. The van der Waals surface area contributed by atoms with Crippen LogP contribution >= 0.6 is 0 Å². The maximum Gasteiger partial charge on any atom is 0.155 e. The van der Waals surface area contributed by atoms with E-state index in [1.54, 1.807) is 0 Å². The van der Waals surface area contributed by atoms with E-state index in [0.717, 1.165) is 12.0 Å². The molecule has 0 spiro atoms. The highest BCUT2D eigenvalue weighted by atomic mass is 16.5. The fourth-order valence-corrected chi connectivity index (χ4v) is 1.39. The minimum absolute atomic E-state index is 0.157. The second-order valence-electron chi connectivity index (χ2n) is 3.68. The highest BCUT2D eigenvalue weighted by Crippen LogP contribution is 2.07. The molecule has 0 radical (unpaired) electrons. The van der Waals surface area contributed by atoms with E-state index >= 15 is 0 Å². The maximum atomic E-state index is 8.76. The van der Waals surface area contributed by atoms with Crippen molar-refractivity contribution in [3.8, 4) is 0 Å². The summed E-state index contributed by atoms with van der Waals surface area (Å²) in [5.41, 5.74) is 7.76. The fourth-order valence-electron chi connectivity index (χ4n) is 1.39. The third kappa shape index (κ3) is 3.87. The molecule has 0 aromatic heterocycles. The molecule has 0 unspecified atom stereocenters. The van der Waals surface area contributed by atoms with Crippen molar-refractivity contribution in [3.63, 3.8) is 0 Å². The Bertz CT molecular complexity index is 238. The van der Waals surface area contributed by atoms with Crippen molar-refractivity contribution in [1.29, 1.82) is 0 Å². The lowest BCUT2D eigenvalue weighted by atomic mass is 10.0. The molecule has 78 valence electrons. The number of aliphatic hydroxyl groups is 2. The van der Waals surface area contributed by atoms with Crippen LogP contribution in [0.4, 0.5) is 0 Å². The number of aliphatic hydroxyl groups excluding tert-OH is 1. The maximum absolute atomic E-state index is 8.76. The third-order valence-electron chi connectivity index (χ3n) is 2.00. The Morgan fingerprint density at radius 3 is 1.86 bits per heavy atom. The van der Waals surface area contributed by atoms with Gasteiger partial charge < -0.3 is 15.9 Å². The van der Waals surface area contributed by atoms with Crippen molar-refractivity contribution in [1.82, 2.24) is 0 Å². The van der Waals surface area contributed by atoms with Crippen molar-refractivity contribution in [2.45, 2.75) is 32.1 Å². The van der Waals surface area contributed by atoms with Crippen LogP contribution in [0.15, 0.2) is 24.3 Å². The Balaban J connectivity index is 2.59. The van der Waals surface area contributed by atoms with Gasteiger partial charge in [0.1, 0.15) is 0 Å². The van der Waals surface area contributed by atoms with Crippen LogP contribution in [0.2, 0.25) is 0 Å². The summed E-state index contributed by atoms with van der Waals surface area (Å²) in [4.78, 5) is 0. The Morgan fingerprint density at radius 2 is 1.50 bits per heavy atom. The summed E-state index contributed by atoms with van der Waals surface area (Å²) in [5.74, 6) is 0. The summed E-state index contributed by atoms with van der Waals surface area (Å²) in [5, 5.41) is 17.5. The molecule has 0 aliphatic rings. The second-order valence-corrected chi connectivity index (χ2v) is 3.68. The van der Waals surface area contributed by atoms with E-state index < -0.39 is 6.29 Å². The average molecular weight is 195 g/mol. The number of nitrogens with two attached hydrogens (primary N) is 1. The first-order chi connectivity index (χ1) is 6.58. The summed E-state index contributed by atoms with van der Waals surface area (Å²) in [7, 11) is 0. The lowest BCUT2D eigenvalue weighted by molar-refractivity contribution is -0.0381. The van der Waals surface area contributed by atoms with E-state index in [1.165, 1.54) is 5.56 Å². The van der Waals surface area contributed by atoms with E-state index in [2.05, 4.69) is 0 Å². The van der Waals surface area contributed by atoms with Gasteiger partial charge in [0.15, 0.2) is 6.29 Å². The van der Waals surface area contributed by atoms with E-state index in [0.29, 0.717) is 0 Å². The lowest BCUT2D eigenvalue weighted by Crippen LogP contribution is -2.17. The molecule has 0 aliphatic carbocycles. The standard InChI is InChI=1S/C11H17NO2/c1-8(12)6-9-2-4-10(5-3-9)7-11(13)14/h2-5,8,11,13-14H,6-7,12H2,1H3/t8-/m1/s1. The first-order valence-corrected chi connectivity index (χ1v) is 4.77. The van der Waals surface area contributed by atoms with Crippen molar-refractivity contribution in [2.24, 2.45) is 5.73 Å². The van der Waals surface area contributed by atoms with Gasteiger partial charge in [-0.1, -0.05) is 24.3 Å². The van der Waals surface area contributed by atoms with E-state index in [9.17, 15) is 0 Å². The summed E-state index contributed by atoms with van der Waals surface area (Å²) < 4.78 is 0. The molecule has 0 saturated heterocycles. The minimum atomic E-state index is -1.27. The zero-order valence-electron chi connectivity index (χ0n) is 8.35. The van der Waals surface area contributed by atoms with Crippen LogP contribution in [0.1, 0.15) is 18.1 Å². The van der Waals surface area contributed by atoms with Gasteiger partial charge >= 0.3 is 0 Å². The highest BCUT2D eigenvalue weighted by molar-refractivity contribution is 5.23. The van der Waals surface area contributed by atoms with Gasteiger partial charge in [-0.25, -0.2) is 0 Å². The Kier molecular flexibility index (Phi) is 4.07. The van der Waals surface area contributed by atoms with Gasteiger partial charge in [-0.15, -0.1) is 0 Å². The summed E-state index contributed by atoms with van der Waals surface area (Å²) in [6.07, 6.45) is -0.144. The van der Waals surface area contributed by atoms with Crippen molar-refractivity contribution in [3.05, 3.63) is 35.4 Å². The van der Waals surface area contributed by atoms with Gasteiger partial charge in [0.25, 0.3) is 0 Å². The molecule has 0 saturated carbocycles. The van der Waals surface area contributed by atoms with Crippen LogP contribution in [-0.2, 0) is 12.8 Å². The van der Waals surface area contributed by atoms with Crippen LogP contribution in [0.3, 0.4) is 0 Å². The molecule has 1 rings (SSSR count). The molecular formula is C11H17NO2. The SMILES string of the molecule is C[C@@H](N)Cc1ccc(CC(O)O)cc1. The van der Waals surface area contributed by atoms with Crippen molar-refractivity contribution < 1.29 is 10.2 Å². The van der Waals surface area contributed by atoms with E-state index in [-0.39, 0.29) is 12.5 Å². The van der Waals surface area contributed by atoms with Crippen LogP contribution in [0, 0.1) is 0 Å². The van der Waals surface area contributed by atoms with Gasteiger partial charge in [-0.2, -0.15) is 0 Å². The Hall–Kier alpha value is -0.900. The molecule has 0 amide bonds. The quantitative estimate of drug-likeness (QED) is 0.610. The number of hydrogen-bond donors (Lipinski definition) is 3. The second kappa shape index (κ2) is 5.10. The Labute approximate surface area is 84.2 Å². The van der Waals surface area contributed by atoms with Crippen molar-refractivity contribution in [2.75, 3.05) is 0 Å². The molecule has 0 fully saturated rings. The number of rotatable bonds is 4. The molecule has 0 heterocycles. The first-order valence-electron chi connectivity index (χ1n) is 4.77. The molecule has 3 nitrogen and oxygen atoms in total. The smallest absolute Gasteiger partial charge is 0.155 e. The van der Waals surface area contributed by atoms with E-state index in [1.807, 2.05) is 31.2 Å². The predicted molar refractivity (Wildman–Crippen MR) is 55.7 cm³/mol. The van der Waals surface area contributed by atoms with Crippen molar-refractivity contribution >= 4 is 0 Å². The lowest BCUT2D eigenvalue weighted by Gasteiger charge is -2.07. The molecule has 0 bridgehead atoms. The average Bonchev–Trinajstić information content (AvgIpc) is 2.06. The molecule has 4 N–H and O–H groups in total. The van der Waals surface area contributed by atoms with E-state index in [4.69, 9.17) is 15.9 Å². The zero-order chi connectivity index (χ0) is 10.6. The summed E-state index contributed by atoms with van der Waals surface area (Å²) >= 11 is 0. The first kappa shape index (κ1) is 11.2. The number of hydrogen-bond acceptors (Lipinski definition) is 3. The highest BCUT2D eigenvalue weighted by Gasteiger charge is 2.01. The normalized spacial score (nSPS) is 13.2. The van der Waals surface area contributed by atoms with Gasteiger partial charge in [0.2, 0.25) is 0 Å². The van der Waals surface area contributed by atoms with Gasteiger partial charge in [0.05, 0.1) is 0 Å². The van der Waals surface area contributed by atoms with Gasteiger partial charge in [-0.3, -0.25) is 0 Å². The van der Waals surface area contributed by atoms with Crippen LogP contribution in [-0.4, -0.2) is 22.5 Å². The largest absolute Gasteiger partial charge is 0.368 e. The molecule has 3 heteroatoms. The topological polar surface area (TPSA) is 66.5 Å². The predicted octanol–water partition coefficient (Wildman–Crippen LogP) is 0.429. The van der Waals surface area contributed by atoms with Crippen LogP contribution in [0.5, 0.6) is 0 Å². The van der Waals surface area contributed by atoms with Crippen LogP contribution in [0.25, 0.3) is 0 Å². The van der Waals surface area contributed by atoms with Gasteiger partial charge in [0, 0.05) is 12.5 Å². The number of benzene rings is 1. The zero-order valence-corrected chi connectivity index (χ0v) is 8.35. The Morgan fingerprint density at radius 1 is 1.07 bits per heavy atom. The monoisotopic (exact) mass is 195 g/mol. The fraction of sp³-hybridized carbons (Fsp3) is 0.455. The molecule has 0 aliphatic heterocycles.